The summed E-state index contributed by atoms with van der Waals surface area (Å²) >= 11 is 0. The number of aliphatic hydroxyl groups is 1. The van der Waals surface area contributed by atoms with Gasteiger partial charge in [0.15, 0.2) is 0 Å². The van der Waals surface area contributed by atoms with Gasteiger partial charge in [0.2, 0.25) is 5.91 Å². The largest absolute Gasteiger partial charge is 0.497 e. The van der Waals surface area contributed by atoms with Crippen LogP contribution in [0.4, 0.5) is 10.5 Å². The lowest BCUT2D eigenvalue weighted by molar-refractivity contribution is -0.149. The van der Waals surface area contributed by atoms with Crippen LogP contribution >= 0.6 is 0 Å². The minimum atomic E-state index is -0.794. The summed E-state index contributed by atoms with van der Waals surface area (Å²) in [6, 6.07) is 6.55. The summed E-state index contributed by atoms with van der Waals surface area (Å²) in [5.41, 5.74) is 0.605. The van der Waals surface area contributed by atoms with Crippen molar-refractivity contribution in [2.45, 2.75) is 50.0 Å². The molecule has 1 aromatic carbocycles. The van der Waals surface area contributed by atoms with Gasteiger partial charge in [0.1, 0.15) is 11.9 Å². The van der Waals surface area contributed by atoms with E-state index in [-0.39, 0.29) is 56.4 Å². The van der Waals surface area contributed by atoms with E-state index in [1.807, 2.05) is 0 Å². The van der Waals surface area contributed by atoms with Crippen molar-refractivity contribution in [2.75, 3.05) is 71.6 Å². The van der Waals surface area contributed by atoms with E-state index in [9.17, 15) is 14.7 Å². The molecule has 0 unspecified atom stereocenters. The summed E-state index contributed by atoms with van der Waals surface area (Å²) in [6.07, 6.45) is 1.06. The number of β-amino-alcohol motifs (C(OH)–C–C–N with tert-alkyl or cyclic N) is 1. The van der Waals surface area contributed by atoms with Gasteiger partial charge in [-0.1, -0.05) is 6.07 Å². The normalized spacial score (nSPS) is 26.9. The number of nitrogens with zero attached hydrogens (tertiary/aromatic N) is 2. The third kappa shape index (κ3) is 8.27. The number of anilines is 1. The Kier molecular flexibility index (Phi) is 10.4. The average Bonchev–Trinajstić information content (AvgIpc) is 2.90. The van der Waals surface area contributed by atoms with Crippen LogP contribution in [0.25, 0.3) is 0 Å². The molecule has 0 spiro atoms. The monoisotopic (exact) mass is 520 g/mol. The van der Waals surface area contributed by atoms with Crippen LogP contribution < -0.4 is 15.4 Å². The van der Waals surface area contributed by atoms with Gasteiger partial charge in [-0.05, 0) is 37.9 Å². The Bertz CT molecular complexity index is 882. The molecule has 3 saturated heterocycles. The van der Waals surface area contributed by atoms with Crippen molar-refractivity contribution in [1.82, 2.24) is 15.1 Å². The Morgan fingerprint density at radius 1 is 1.16 bits per heavy atom. The first kappa shape index (κ1) is 27.6. The number of ether oxygens (including phenoxy) is 4. The summed E-state index contributed by atoms with van der Waals surface area (Å²) in [5.74, 6) is 0.611. The van der Waals surface area contributed by atoms with Crippen LogP contribution in [0.15, 0.2) is 24.3 Å². The molecule has 0 aromatic heterocycles. The van der Waals surface area contributed by atoms with Gasteiger partial charge in [-0.15, -0.1) is 0 Å². The fraction of sp³-hybridized carbons (Fsp3) is 0.692. The van der Waals surface area contributed by atoms with Gasteiger partial charge in [0, 0.05) is 31.4 Å². The smallest absolute Gasteiger partial charge is 0.322 e. The lowest BCUT2D eigenvalue weighted by Crippen LogP contribution is -2.58. The number of fused-ring (bicyclic) bond motifs is 1. The molecule has 3 fully saturated rings. The molecule has 4 atom stereocenters. The number of hydrogen-bond donors (Lipinski definition) is 3. The van der Waals surface area contributed by atoms with E-state index in [1.165, 1.54) is 0 Å². The van der Waals surface area contributed by atoms with Crippen molar-refractivity contribution < 1.29 is 33.6 Å². The van der Waals surface area contributed by atoms with E-state index in [1.54, 1.807) is 36.3 Å². The quantitative estimate of drug-likeness (QED) is 0.435. The molecule has 3 aliphatic rings. The molecule has 11 nitrogen and oxygen atoms in total. The highest BCUT2D eigenvalue weighted by Crippen LogP contribution is 2.28. The molecule has 4 rings (SSSR count). The second-order valence-electron chi connectivity index (χ2n) is 9.81. The number of aliphatic hydroxyl groups excluding tert-OH is 1. The summed E-state index contributed by atoms with van der Waals surface area (Å²) in [5, 5.41) is 16.3. The van der Waals surface area contributed by atoms with Gasteiger partial charge >= 0.3 is 6.03 Å². The highest BCUT2D eigenvalue weighted by Gasteiger charge is 2.40. The predicted molar refractivity (Wildman–Crippen MR) is 137 cm³/mol. The number of carbonyl (C=O) groups excluding carboxylic acids is 2. The number of urea groups is 1. The van der Waals surface area contributed by atoms with Crippen LogP contribution in [-0.2, 0) is 19.0 Å². The number of nitrogens with one attached hydrogen (secondary N) is 2. The lowest BCUT2D eigenvalue weighted by atomic mass is 9.95. The van der Waals surface area contributed by atoms with Crippen LogP contribution in [0.2, 0.25) is 0 Å². The summed E-state index contributed by atoms with van der Waals surface area (Å²) in [4.78, 5) is 29.8. The van der Waals surface area contributed by atoms with E-state index in [0.717, 1.165) is 39.3 Å². The fourth-order valence-electron chi connectivity index (χ4n) is 5.10. The van der Waals surface area contributed by atoms with Crippen molar-refractivity contribution in [1.29, 1.82) is 0 Å². The van der Waals surface area contributed by atoms with Crippen LogP contribution in [0, 0.1) is 0 Å². The van der Waals surface area contributed by atoms with Gasteiger partial charge in [-0.25, -0.2) is 4.79 Å². The Balaban J connectivity index is 1.27. The molecular formula is C26H40N4O7. The molecule has 3 heterocycles. The summed E-state index contributed by atoms with van der Waals surface area (Å²) in [6.45, 7) is 5.52. The molecule has 0 saturated carbocycles. The highest BCUT2D eigenvalue weighted by molar-refractivity contribution is 5.89. The minimum absolute atomic E-state index is 0.0276. The Morgan fingerprint density at radius 3 is 2.81 bits per heavy atom. The second kappa shape index (κ2) is 13.9. The Labute approximate surface area is 218 Å². The first-order valence-electron chi connectivity index (χ1n) is 13.2. The van der Waals surface area contributed by atoms with Gasteiger partial charge < -0.3 is 39.6 Å². The number of morpholine rings is 1. The summed E-state index contributed by atoms with van der Waals surface area (Å²) < 4.78 is 22.5. The maximum Gasteiger partial charge on any atom is 0.322 e. The molecule has 0 radical (unpaired) electrons. The number of amides is 3. The first-order valence-corrected chi connectivity index (χ1v) is 13.2. The third-order valence-electron chi connectivity index (χ3n) is 7.05. The Hall–Kier alpha value is -2.44. The van der Waals surface area contributed by atoms with Crippen molar-refractivity contribution >= 4 is 17.6 Å². The first-order chi connectivity index (χ1) is 18.0. The number of hydrogen-bond acceptors (Lipinski definition) is 8. The standard InChI is InChI=1S/C26H40N4O7/c1-34-21-5-2-4-19(14-21)28-26(33)30-16-20(31)17-36-18-24-23(30)7-6-22(37-24)15-25(32)27-8-3-9-29-10-12-35-13-11-29/h2,4-5,14,20,22-24,31H,3,6-13,15-18H2,1H3,(H,27,32)(H,28,33)/t20-,22+,23+,24-/m1/s1. The van der Waals surface area contributed by atoms with E-state index in [2.05, 4.69) is 15.5 Å². The predicted octanol–water partition coefficient (Wildman–Crippen LogP) is 1.07. The molecule has 206 valence electrons. The number of carbonyl (C=O) groups is 2. The maximum atomic E-state index is 13.2. The van der Waals surface area contributed by atoms with Crippen molar-refractivity contribution in [3.8, 4) is 5.75 Å². The molecule has 3 aliphatic heterocycles. The second-order valence-corrected chi connectivity index (χ2v) is 9.81. The molecule has 3 N–H and O–H groups in total. The molecule has 1 aromatic rings. The van der Waals surface area contributed by atoms with Crippen LogP contribution in [-0.4, -0.2) is 117 Å². The van der Waals surface area contributed by atoms with Crippen molar-refractivity contribution in [2.24, 2.45) is 0 Å². The minimum Gasteiger partial charge on any atom is -0.497 e. The lowest BCUT2D eigenvalue weighted by Gasteiger charge is -2.44. The zero-order valence-electron chi connectivity index (χ0n) is 21.6. The Morgan fingerprint density at radius 2 is 2.00 bits per heavy atom. The van der Waals surface area contributed by atoms with Crippen molar-refractivity contribution in [3.63, 3.8) is 0 Å². The number of methoxy groups -OCH3 is 1. The molecule has 3 amide bonds. The molecule has 0 bridgehead atoms. The van der Waals surface area contributed by atoms with E-state index in [4.69, 9.17) is 18.9 Å². The SMILES string of the molecule is COc1cccc(NC(=O)N2C[C@@H](O)COC[C@H]3O[C@H](CC(=O)NCCCN4CCOCC4)CC[C@@H]32)c1. The maximum absolute atomic E-state index is 13.2. The fourth-order valence-corrected chi connectivity index (χ4v) is 5.10. The van der Waals surface area contributed by atoms with E-state index < -0.39 is 6.10 Å². The van der Waals surface area contributed by atoms with E-state index >= 15 is 0 Å². The van der Waals surface area contributed by atoms with E-state index in [0.29, 0.717) is 30.8 Å². The topological polar surface area (TPSA) is 122 Å². The van der Waals surface area contributed by atoms with Crippen LogP contribution in [0.3, 0.4) is 0 Å². The molecule has 37 heavy (non-hydrogen) atoms. The van der Waals surface area contributed by atoms with Gasteiger partial charge in [0.05, 0.1) is 64.8 Å². The number of rotatable bonds is 8. The third-order valence-corrected chi connectivity index (χ3v) is 7.05. The highest BCUT2D eigenvalue weighted by atomic mass is 16.5. The van der Waals surface area contributed by atoms with Crippen LogP contribution in [0.1, 0.15) is 25.7 Å². The molecule has 0 aliphatic carbocycles. The molecular weight excluding hydrogens is 480 g/mol. The average molecular weight is 521 g/mol. The van der Waals surface area contributed by atoms with Crippen molar-refractivity contribution in [3.05, 3.63) is 24.3 Å². The summed E-state index contributed by atoms with van der Waals surface area (Å²) in [7, 11) is 1.57. The number of benzene rings is 1. The van der Waals surface area contributed by atoms with Gasteiger partial charge in [0.25, 0.3) is 0 Å². The van der Waals surface area contributed by atoms with Crippen LogP contribution in [0.5, 0.6) is 5.75 Å². The van der Waals surface area contributed by atoms with Gasteiger partial charge in [-0.2, -0.15) is 0 Å². The zero-order valence-corrected chi connectivity index (χ0v) is 21.6. The molecule has 11 heteroatoms. The van der Waals surface area contributed by atoms with Gasteiger partial charge in [-0.3, -0.25) is 9.69 Å². The zero-order chi connectivity index (χ0) is 26.0.